The Morgan fingerprint density at radius 1 is 1.22 bits per heavy atom. The lowest BCUT2D eigenvalue weighted by atomic mass is 10.0. The molecule has 0 atom stereocenters. The average Bonchev–Trinajstić information content (AvgIpc) is 3.22. The Morgan fingerprint density at radius 3 is 2.85 bits per heavy atom. The number of benzene rings is 2. The van der Waals surface area contributed by atoms with E-state index in [0.717, 1.165) is 32.5 Å². The largest absolute Gasteiger partial charge is 0.382 e. The van der Waals surface area contributed by atoms with Gasteiger partial charge in [-0.2, -0.15) is 5.10 Å². The van der Waals surface area contributed by atoms with Gasteiger partial charge in [0.1, 0.15) is 4.34 Å². The van der Waals surface area contributed by atoms with Gasteiger partial charge >= 0.3 is 0 Å². The molecule has 7 heteroatoms. The fourth-order valence-corrected chi connectivity index (χ4v) is 4.31. The number of nitrogens with zero attached hydrogens (tertiary/aromatic N) is 1. The zero-order valence-corrected chi connectivity index (χ0v) is 15.8. The van der Waals surface area contributed by atoms with Crippen LogP contribution < -0.4 is 11.5 Å². The second kappa shape index (κ2) is 7.06. The summed E-state index contributed by atoms with van der Waals surface area (Å²) in [7, 11) is 0. The molecule has 0 bridgehead atoms. The molecular formula is C20H16ClN4OS. The Kier molecular flexibility index (Phi) is 4.59. The number of thiophene rings is 1. The predicted octanol–water partition coefficient (Wildman–Crippen LogP) is 4.42. The van der Waals surface area contributed by atoms with E-state index < -0.39 is 5.91 Å². The topological polar surface area (TPSA) is 97.8 Å². The zero-order valence-electron chi connectivity index (χ0n) is 14.2. The van der Waals surface area contributed by atoms with Gasteiger partial charge in [-0.3, -0.25) is 9.89 Å². The summed E-state index contributed by atoms with van der Waals surface area (Å²) in [4.78, 5) is 12.6. The fraction of sp³-hybridized carbons (Fsp3) is 0.0500. The summed E-state index contributed by atoms with van der Waals surface area (Å²) in [5, 5.41) is 7.83. The van der Waals surface area contributed by atoms with Crippen LogP contribution in [0.5, 0.6) is 0 Å². The number of nitrogens with one attached hydrogen (secondary N) is 1. The molecule has 5 N–H and O–H groups in total. The summed E-state index contributed by atoms with van der Waals surface area (Å²) >= 11 is 7.97. The summed E-state index contributed by atoms with van der Waals surface area (Å²) in [5.41, 5.74) is 15.5. The van der Waals surface area contributed by atoms with Crippen LogP contribution in [0.4, 0.5) is 5.82 Å². The monoisotopic (exact) mass is 395 g/mol. The normalized spacial score (nSPS) is 11.1. The third kappa shape index (κ3) is 3.41. The SMILES string of the molecule is NC(=O)c1ccccc1C[CH]c1cc(-c2ccc3c(N)n[nH]c3c2)c(Cl)s1. The van der Waals surface area contributed by atoms with E-state index in [1.165, 1.54) is 11.3 Å². The summed E-state index contributed by atoms with van der Waals surface area (Å²) in [5.74, 6) is 0.0612. The Bertz CT molecular complexity index is 1150. The number of carbonyl (C=O) groups is 1. The first-order chi connectivity index (χ1) is 13.0. The number of hydrogen-bond acceptors (Lipinski definition) is 4. The van der Waals surface area contributed by atoms with Gasteiger partial charge in [0.05, 0.1) is 5.52 Å². The van der Waals surface area contributed by atoms with Crippen LogP contribution in [0.15, 0.2) is 48.5 Å². The Morgan fingerprint density at radius 2 is 2.04 bits per heavy atom. The summed E-state index contributed by atoms with van der Waals surface area (Å²) < 4.78 is 0.705. The van der Waals surface area contributed by atoms with Crippen molar-refractivity contribution >= 4 is 45.6 Å². The molecule has 0 unspecified atom stereocenters. The van der Waals surface area contributed by atoms with Crippen molar-refractivity contribution in [3.8, 4) is 11.1 Å². The highest BCUT2D eigenvalue weighted by molar-refractivity contribution is 7.17. The highest BCUT2D eigenvalue weighted by Gasteiger charge is 2.13. The van der Waals surface area contributed by atoms with E-state index in [4.69, 9.17) is 23.1 Å². The minimum absolute atomic E-state index is 0.420. The molecule has 135 valence electrons. The smallest absolute Gasteiger partial charge is 0.248 e. The first-order valence-corrected chi connectivity index (χ1v) is 9.46. The van der Waals surface area contributed by atoms with E-state index in [9.17, 15) is 4.79 Å². The summed E-state index contributed by atoms with van der Waals surface area (Å²) in [6.45, 7) is 0. The molecule has 2 aromatic carbocycles. The van der Waals surface area contributed by atoms with Crippen LogP contribution in [0.1, 0.15) is 20.8 Å². The molecule has 4 rings (SSSR count). The molecule has 1 amide bonds. The average molecular weight is 396 g/mol. The number of aromatic nitrogens is 2. The first-order valence-electron chi connectivity index (χ1n) is 8.27. The lowest BCUT2D eigenvalue weighted by molar-refractivity contribution is 0.0999. The van der Waals surface area contributed by atoms with Gasteiger partial charge in [-0.05, 0) is 41.8 Å². The Hall–Kier alpha value is -2.83. The number of carbonyl (C=O) groups excluding carboxylic acids is 1. The summed E-state index contributed by atoms with van der Waals surface area (Å²) in [6.07, 6.45) is 2.65. The van der Waals surface area contributed by atoms with Crippen LogP contribution in [0.25, 0.3) is 22.0 Å². The fourth-order valence-electron chi connectivity index (χ4n) is 3.04. The molecule has 0 fully saturated rings. The number of nitrogens with two attached hydrogens (primary N) is 2. The minimum atomic E-state index is -0.420. The predicted molar refractivity (Wildman–Crippen MR) is 111 cm³/mol. The van der Waals surface area contributed by atoms with Gasteiger partial charge in [0.2, 0.25) is 5.91 Å². The lowest BCUT2D eigenvalue weighted by Crippen LogP contribution is -2.13. The molecule has 5 nitrogen and oxygen atoms in total. The van der Waals surface area contributed by atoms with Crippen molar-refractivity contribution in [3.05, 3.63) is 75.3 Å². The second-order valence-corrected chi connectivity index (χ2v) is 7.82. The van der Waals surface area contributed by atoms with Crippen LogP contribution in [0.2, 0.25) is 4.34 Å². The first kappa shape index (κ1) is 17.6. The summed E-state index contributed by atoms with van der Waals surface area (Å²) in [6, 6.07) is 15.3. The number of halogens is 1. The van der Waals surface area contributed by atoms with Crippen LogP contribution in [-0.2, 0) is 6.42 Å². The second-order valence-electron chi connectivity index (χ2n) is 6.14. The van der Waals surface area contributed by atoms with Crippen molar-refractivity contribution in [2.75, 3.05) is 5.73 Å². The molecule has 27 heavy (non-hydrogen) atoms. The zero-order chi connectivity index (χ0) is 19.0. The van der Waals surface area contributed by atoms with Crippen molar-refractivity contribution in [1.82, 2.24) is 10.2 Å². The third-order valence-corrected chi connectivity index (χ3v) is 5.77. The van der Waals surface area contributed by atoms with Crippen molar-refractivity contribution in [2.24, 2.45) is 5.73 Å². The van der Waals surface area contributed by atoms with Crippen molar-refractivity contribution in [3.63, 3.8) is 0 Å². The van der Waals surface area contributed by atoms with Crippen molar-refractivity contribution in [1.29, 1.82) is 0 Å². The molecule has 1 radical (unpaired) electrons. The Balaban J connectivity index is 1.59. The minimum Gasteiger partial charge on any atom is -0.382 e. The molecule has 0 aliphatic heterocycles. The number of amides is 1. The number of primary amides is 1. The van der Waals surface area contributed by atoms with Gasteiger partial charge in [0.15, 0.2) is 5.82 Å². The number of nitrogen functional groups attached to an aromatic ring is 1. The van der Waals surface area contributed by atoms with Gasteiger partial charge in [-0.15, -0.1) is 11.3 Å². The lowest BCUT2D eigenvalue weighted by Gasteiger charge is -2.05. The number of anilines is 1. The van der Waals surface area contributed by atoms with Crippen molar-refractivity contribution in [2.45, 2.75) is 6.42 Å². The molecule has 0 saturated carbocycles. The molecule has 0 aliphatic rings. The quantitative estimate of drug-likeness (QED) is 0.466. The van der Waals surface area contributed by atoms with Gasteiger partial charge < -0.3 is 11.5 Å². The maximum Gasteiger partial charge on any atom is 0.248 e. The maximum atomic E-state index is 11.6. The number of H-pyrrole nitrogens is 1. The van der Waals surface area contributed by atoms with Gasteiger partial charge in [-0.1, -0.05) is 35.9 Å². The molecule has 0 saturated heterocycles. The van der Waals surface area contributed by atoms with Crippen molar-refractivity contribution < 1.29 is 4.79 Å². The molecular weight excluding hydrogens is 380 g/mol. The van der Waals surface area contributed by atoms with E-state index in [2.05, 4.69) is 16.6 Å². The van der Waals surface area contributed by atoms with Gasteiger partial charge in [0, 0.05) is 27.8 Å². The van der Waals surface area contributed by atoms with Crippen LogP contribution in [0.3, 0.4) is 0 Å². The molecule has 4 aromatic rings. The highest BCUT2D eigenvalue weighted by atomic mass is 35.5. The third-order valence-electron chi connectivity index (χ3n) is 4.42. The molecule has 0 aliphatic carbocycles. The van der Waals surface area contributed by atoms with Crippen LogP contribution in [-0.4, -0.2) is 16.1 Å². The molecule has 0 spiro atoms. The van der Waals surface area contributed by atoms with Crippen LogP contribution in [0, 0.1) is 6.42 Å². The van der Waals surface area contributed by atoms with Gasteiger partial charge in [-0.25, -0.2) is 0 Å². The van der Waals surface area contributed by atoms with E-state index in [1.54, 1.807) is 6.07 Å². The number of aromatic amines is 1. The number of rotatable bonds is 5. The standard InChI is InChI=1S/C20H16ClN4OS/c21-18-16(12-6-8-15-17(9-12)24-25-19(15)22)10-13(27-18)7-5-11-3-1-2-4-14(11)20(23)26/h1-4,6-10H,5H2,(H2,23,26)(H3,22,24,25). The van der Waals surface area contributed by atoms with Gasteiger partial charge in [0.25, 0.3) is 0 Å². The van der Waals surface area contributed by atoms with E-state index in [0.29, 0.717) is 22.1 Å². The van der Waals surface area contributed by atoms with Crippen LogP contribution >= 0.6 is 22.9 Å². The Labute approximate surface area is 165 Å². The highest BCUT2D eigenvalue weighted by Crippen LogP contribution is 2.38. The maximum absolute atomic E-state index is 11.6. The molecule has 2 aromatic heterocycles. The van der Waals surface area contributed by atoms with E-state index in [-0.39, 0.29) is 0 Å². The van der Waals surface area contributed by atoms with E-state index >= 15 is 0 Å². The number of hydrogen-bond donors (Lipinski definition) is 3. The van der Waals surface area contributed by atoms with E-state index in [1.807, 2.05) is 42.5 Å². The molecule has 2 heterocycles. The number of fused-ring (bicyclic) bond motifs is 1.